The van der Waals surface area contributed by atoms with Crippen molar-refractivity contribution in [3.8, 4) is 0 Å². The van der Waals surface area contributed by atoms with Crippen LogP contribution in [0.2, 0.25) is 0 Å². The largest absolute Gasteiger partial charge is 0.478 e. The molecule has 0 bridgehead atoms. The lowest BCUT2D eigenvalue weighted by Crippen LogP contribution is -2.24. The SMILES string of the molecule is CCN(C)CCNc1ccc(C(=O)O)c(Br)c1. The van der Waals surface area contributed by atoms with E-state index >= 15 is 0 Å². The topological polar surface area (TPSA) is 52.6 Å². The number of likely N-dealkylation sites (N-methyl/N-ethyl adjacent to an activating group) is 1. The minimum absolute atomic E-state index is 0.279. The van der Waals surface area contributed by atoms with Crippen molar-refractivity contribution in [2.75, 3.05) is 32.0 Å². The molecule has 0 aromatic heterocycles. The van der Waals surface area contributed by atoms with Gasteiger partial charge in [-0.25, -0.2) is 4.79 Å². The van der Waals surface area contributed by atoms with Crippen molar-refractivity contribution in [3.05, 3.63) is 28.2 Å². The van der Waals surface area contributed by atoms with E-state index in [2.05, 4.69) is 40.1 Å². The highest BCUT2D eigenvalue weighted by atomic mass is 79.9. The summed E-state index contributed by atoms with van der Waals surface area (Å²) in [6.45, 7) is 4.92. The number of rotatable bonds is 6. The van der Waals surface area contributed by atoms with Gasteiger partial charge in [-0.3, -0.25) is 0 Å². The van der Waals surface area contributed by atoms with Crippen LogP contribution in [-0.4, -0.2) is 42.7 Å². The molecule has 0 aliphatic rings. The summed E-state index contributed by atoms with van der Waals surface area (Å²) < 4.78 is 0.596. The highest BCUT2D eigenvalue weighted by Crippen LogP contribution is 2.21. The van der Waals surface area contributed by atoms with Crippen LogP contribution in [0.25, 0.3) is 0 Å². The minimum atomic E-state index is -0.922. The molecule has 2 N–H and O–H groups in total. The lowest BCUT2D eigenvalue weighted by molar-refractivity contribution is 0.0696. The molecule has 0 amide bonds. The Kier molecular flexibility index (Phi) is 5.44. The Bertz CT molecular complexity index is 396. The van der Waals surface area contributed by atoms with Gasteiger partial charge in [0.1, 0.15) is 0 Å². The number of hydrogen-bond donors (Lipinski definition) is 2. The maximum atomic E-state index is 10.8. The van der Waals surface area contributed by atoms with E-state index < -0.39 is 5.97 Å². The normalized spacial score (nSPS) is 10.6. The third-order valence-electron chi connectivity index (χ3n) is 2.56. The molecule has 0 saturated carbocycles. The summed E-state index contributed by atoms with van der Waals surface area (Å²) in [6.07, 6.45) is 0. The van der Waals surface area contributed by atoms with Crippen molar-refractivity contribution in [2.24, 2.45) is 0 Å². The van der Waals surface area contributed by atoms with E-state index in [-0.39, 0.29) is 5.56 Å². The first-order valence-corrected chi connectivity index (χ1v) is 6.29. The Hall–Kier alpha value is -1.07. The third kappa shape index (κ3) is 4.36. The molecule has 17 heavy (non-hydrogen) atoms. The van der Waals surface area contributed by atoms with Gasteiger partial charge in [0.05, 0.1) is 5.56 Å². The fraction of sp³-hybridized carbons (Fsp3) is 0.417. The molecule has 94 valence electrons. The van der Waals surface area contributed by atoms with Gasteiger partial charge in [-0.15, -0.1) is 0 Å². The molecule has 0 atom stereocenters. The van der Waals surface area contributed by atoms with Crippen LogP contribution in [0.1, 0.15) is 17.3 Å². The van der Waals surface area contributed by atoms with Gasteiger partial charge in [-0.1, -0.05) is 6.92 Å². The molecular formula is C12H17BrN2O2. The van der Waals surface area contributed by atoms with Crippen LogP contribution < -0.4 is 5.32 Å². The zero-order valence-electron chi connectivity index (χ0n) is 10.0. The third-order valence-corrected chi connectivity index (χ3v) is 3.22. The first kappa shape index (κ1) is 14.0. The van der Waals surface area contributed by atoms with E-state index in [0.717, 1.165) is 25.3 Å². The van der Waals surface area contributed by atoms with Crippen LogP contribution in [0, 0.1) is 0 Å². The van der Waals surface area contributed by atoms with Gasteiger partial charge < -0.3 is 15.3 Å². The molecule has 0 radical (unpaired) electrons. The van der Waals surface area contributed by atoms with Crippen molar-refractivity contribution in [3.63, 3.8) is 0 Å². The van der Waals surface area contributed by atoms with Crippen LogP contribution in [0.4, 0.5) is 5.69 Å². The zero-order chi connectivity index (χ0) is 12.8. The lowest BCUT2D eigenvalue weighted by atomic mass is 10.2. The monoisotopic (exact) mass is 300 g/mol. The number of carboxylic acids is 1. The molecule has 0 aliphatic carbocycles. The number of aromatic carboxylic acids is 1. The highest BCUT2D eigenvalue weighted by Gasteiger charge is 2.08. The van der Waals surface area contributed by atoms with Crippen LogP contribution >= 0.6 is 15.9 Å². The van der Waals surface area contributed by atoms with Crippen molar-refractivity contribution in [1.29, 1.82) is 0 Å². The zero-order valence-corrected chi connectivity index (χ0v) is 11.6. The number of benzene rings is 1. The summed E-state index contributed by atoms with van der Waals surface area (Å²) in [4.78, 5) is 13.0. The first-order chi connectivity index (χ1) is 8.04. The summed E-state index contributed by atoms with van der Waals surface area (Å²) in [6, 6.07) is 5.16. The molecule has 1 aromatic rings. The van der Waals surface area contributed by atoms with Gasteiger partial charge in [-0.05, 0) is 47.7 Å². The molecule has 0 saturated heterocycles. The predicted molar refractivity (Wildman–Crippen MR) is 72.8 cm³/mol. The first-order valence-electron chi connectivity index (χ1n) is 5.50. The van der Waals surface area contributed by atoms with Gasteiger partial charge >= 0.3 is 5.97 Å². The number of carbonyl (C=O) groups is 1. The van der Waals surface area contributed by atoms with Crippen LogP contribution in [0.3, 0.4) is 0 Å². The molecule has 0 unspecified atom stereocenters. The molecule has 0 spiro atoms. The average Bonchev–Trinajstić information content (AvgIpc) is 2.28. The summed E-state index contributed by atoms with van der Waals surface area (Å²) in [7, 11) is 2.06. The van der Waals surface area contributed by atoms with Crippen LogP contribution in [-0.2, 0) is 0 Å². The van der Waals surface area contributed by atoms with Crippen LogP contribution in [0.15, 0.2) is 22.7 Å². The standard InChI is InChI=1S/C12H17BrN2O2/c1-3-15(2)7-6-14-9-4-5-10(12(16)17)11(13)8-9/h4-5,8,14H,3,6-7H2,1-2H3,(H,16,17). The van der Waals surface area contributed by atoms with E-state index in [0.29, 0.717) is 4.47 Å². The predicted octanol–water partition coefficient (Wildman–Crippen LogP) is 2.51. The Morgan fingerprint density at radius 1 is 1.53 bits per heavy atom. The number of carboxylic acid groups (broad SMARTS) is 1. The number of nitrogens with one attached hydrogen (secondary N) is 1. The quantitative estimate of drug-likeness (QED) is 0.847. The highest BCUT2D eigenvalue weighted by molar-refractivity contribution is 9.10. The second kappa shape index (κ2) is 6.61. The molecule has 0 heterocycles. The molecule has 1 rings (SSSR count). The summed E-state index contributed by atoms with van der Waals surface area (Å²) in [5, 5.41) is 12.1. The second-order valence-corrected chi connectivity index (χ2v) is 4.68. The second-order valence-electron chi connectivity index (χ2n) is 3.82. The Balaban J connectivity index is 2.56. The summed E-state index contributed by atoms with van der Waals surface area (Å²) in [5.74, 6) is -0.922. The molecular weight excluding hydrogens is 284 g/mol. The molecule has 5 heteroatoms. The average molecular weight is 301 g/mol. The van der Waals surface area contributed by atoms with Crippen LogP contribution in [0.5, 0.6) is 0 Å². The van der Waals surface area contributed by atoms with Crippen molar-refractivity contribution in [2.45, 2.75) is 6.92 Å². The molecule has 1 aromatic carbocycles. The fourth-order valence-corrected chi connectivity index (χ4v) is 1.90. The van der Waals surface area contributed by atoms with Gasteiger partial charge in [0.15, 0.2) is 0 Å². The van der Waals surface area contributed by atoms with E-state index in [1.807, 2.05) is 0 Å². The minimum Gasteiger partial charge on any atom is -0.478 e. The van der Waals surface area contributed by atoms with E-state index in [1.165, 1.54) is 0 Å². The Morgan fingerprint density at radius 2 is 2.24 bits per heavy atom. The van der Waals surface area contributed by atoms with E-state index in [1.54, 1.807) is 18.2 Å². The van der Waals surface area contributed by atoms with Gasteiger partial charge in [0.25, 0.3) is 0 Å². The van der Waals surface area contributed by atoms with Gasteiger partial charge in [0.2, 0.25) is 0 Å². The number of nitrogens with zero attached hydrogens (tertiary/aromatic N) is 1. The maximum Gasteiger partial charge on any atom is 0.336 e. The molecule has 0 fully saturated rings. The number of anilines is 1. The molecule has 4 nitrogen and oxygen atoms in total. The molecule has 0 aliphatic heterocycles. The number of hydrogen-bond acceptors (Lipinski definition) is 3. The van der Waals surface area contributed by atoms with Crippen molar-refractivity contribution < 1.29 is 9.90 Å². The van der Waals surface area contributed by atoms with Gasteiger partial charge in [0, 0.05) is 23.2 Å². The van der Waals surface area contributed by atoms with E-state index in [9.17, 15) is 4.79 Å². The van der Waals surface area contributed by atoms with Crippen molar-refractivity contribution >= 4 is 27.6 Å². The summed E-state index contributed by atoms with van der Waals surface area (Å²) >= 11 is 3.25. The Morgan fingerprint density at radius 3 is 2.76 bits per heavy atom. The maximum absolute atomic E-state index is 10.8. The van der Waals surface area contributed by atoms with Crippen molar-refractivity contribution in [1.82, 2.24) is 4.90 Å². The fourth-order valence-electron chi connectivity index (χ4n) is 1.35. The lowest BCUT2D eigenvalue weighted by Gasteiger charge is -2.15. The number of halogens is 1. The van der Waals surface area contributed by atoms with E-state index in [4.69, 9.17) is 5.11 Å². The summed E-state index contributed by atoms with van der Waals surface area (Å²) in [5.41, 5.74) is 1.20. The van der Waals surface area contributed by atoms with Gasteiger partial charge in [-0.2, -0.15) is 0 Å². The Labute approximate surface area is 110 Å². The smallest absolute Gasteiger partial charge is 0.336 e.